The number of carbonyl (C=O) groups excluding carboxylic acids is 1. The molecule has 1 aromatic rings. The zero-order valence-electron chi connectivity index (χ0n) is 13.0. The van der Waals surface area contributed by atoms with Crippen LogP contribution in [0.2, 0.25) is 0 Å². The number of nitrogens with two attached hydrogens (primary N) is 1. The number of nitrogens with one attached hydrogen (secondary N) is 1. The summed E-state index contributed by atoms with van der Waals surface area (Å²) in [5.41, 5.74) is 7.76. The average Bonchev–Trinajstić information content (AvgIpc) is 2.50. The number of carbonyl (C=O) groups is 1. The topological polar surface area (TPSA) is 58.4 Å². The van der Waals surface area contributed by atoms with Crippen molar-refractivity contribution < 1.29 is 4.79 Å². The molecule has 0 heterocycles. The summed E-state index contributed by atoms with van der Waals surface area (Å²) in [4.78, 5) is 14.4. The minimum atomic E-state index is 0.0482. The van der Waals surface area contributed by atoms with E-state index in [9.17, 15) is 4.79 Å². The molecule has 0 atom stereocenters. The highest BCUT2D eigenvalue weighted by Crippen LogP contribution is 2.18. The van der Waals surface area contributed by atoms with Crippen molar-refractivity contribution >= 4 is 11.7 Å². The second kappa shape index (κ2) is 7.91. The Kier molecular flexibility index (Phi) is 5.90. The number of hydrogen-bond donors (Lipinski definition) is 2. The largest absolute Gasteiger partial charge is 0.398 e. The van der Waals surface area contributed by atoms with E-state index in [0.29, 0.717) is 12.6 Å². The molecule has 0 aliphatic heterocycles. The van der Waals surface area contributed by atoms with Crippen LogP contribution in [-0.4, -0.2) is 23.5 Å². The minimum absolute atomic E-state index is 0.0482. The van der Waals surface area contributed by atoms with Crippen LogP contribution < -0.4 is 11.1 Å². The highest BCUT2D eigenvalue weighted by atomic mass is 16.2. The predicted octanol–water partition coefficient (Wildman–Crippen LogP) is 3.52. The molecule has 1 aliphatic rings. The monoisotopic (exact) mass is 289 g/mol. The molecule has 0 bridgehead atoms. The lowest BCUT2D eigenvalue weighted by molar-refractivity contribution is 0.187. The molecule has 21 heavy (non-hydrogen) atoms. The van der Waals surface area contributed by atoms with Crippen LogP contribution in [0.1, 0.15) is 51.0 Å². The molecule has 0 saturated heterocycles. The van der Waals surface area contributed by atoms with Gasteiger partial charge in [0.05, 0.1) is 0 Å². The number of amides is 2. The van der Waals surface area contributed by atoms with Gasteiger partial charge in [-0.1, -0.05) is 44.4 Å². The van der Waals surface area contributed by atoms with Gasteiger partial charge >= 0.3 is 6.03 Å². The molecule has 3 N–H and O–H groups in total. The highest BCUT2D eigenvalue weighted by molar-refractivity contribution is 5.74. The van der Waals surface area contributed by atoms with Crippen molar-refractivity contribution in [3.8, 4) is 0 Å². The van der Waals surface area contributed by atoms with Crippen molar-refractivity contribution in [3.05, 3.63) is 29.8 Å². The molecule has 2 rings (SSSR count). The Hall–Kier alpha value is -1.71. The fourth-order valence-electron chi connectivity index (χ4n) is 2.92. The molecule has 2 amide bonds. The average molecular weight is 289 g/mol. The molecule has 0 unspecified atom stereocenters. The molecule has 4 heteroatoms. The third-order valence-corrected chi connectivity index (χ3v) is 4.13. The SMILES string of the molecule is CCCN(Cc1ccccc1N)C(=O)NC1CCCCC1. The third kappa shape index (κ3) is 4.66. The van der Waals surface area contributed by atoms with Crippen molar-refractivity contribution in [2.75, 3.05) is 12.3 Å². The molecule has 4 nitrogen and oxygen atoms in total. The second-order valence-corrected chi connectivity index (χ2v) is 5.90. The summed E-state index contributed by atoms with van der Waals surface area (Å²) in [5, 5.41) is 3.19. The molecule has 116 valence electrons. The first kappa shape index (κ1) is 15.7. The number of nitrogen functional groups attached to an aromatic ring is 1. The number of para-hydroxylation sites is 1. The van der Waals surface area contributed by atoms with Crippen LogP contribution in [-0.2, 0) is 6.54 Å². The van der Waals surface area contributed by atoms with E-state index in [1.54, 1.807) is 0 Å². The fourth-order valence-corrected chi connectivity index (χ4v) is 2.92. The van der Waals surface area contributed by atoms with Crippen LogP contribution in [0, 0.1) is 0 Å². The maximum Gasteiger partial charge on any atom is 0.317 e. The smallest absolute Gasteiger partial charge is 0.317 e. The first-order valence-corrected chi connectivity index (χ1v) is 8.09. The van der Waals surface area contributed by atoms with Gasteiger partial charge in [-0.25, -0.2) is 4.79 Å². The van der Waals surface area contributed by atoms with E-state index in [1.807, 2.05) is 29.2 Å². The van der Waals surface area contributed by atoms with Gasteiger partial charge in [-0.15, -0.1) is 0 Å². The van der Waals surface area contributed by atoms with E-state index < -0.39 is 0 Å². The molecule has 1 fully saturated rings. The van der Waals surface area contributed by atoms with Crippen LogP contribution >= 0.6 is 0 Å². The van der Waals surface area contributed by atoms with Crippen molar-refractivity contribution in [2.24, 2.45) is 0 Å². The molecule has 0 aromatic heterocycles. The van der Waals surface area contributed by atoms with E-state index in [-0.39, 0.29) is 6.03 Å². The Balaban J connectivity index is 1.97. The van der Waals surface area contributed by atoms with Gasteiger partial charge in [0.25, 0.3) is 0 Å². The normalized spacial score (nSPS) is 15.7. The van der Waals surface area contributed by atoms with Gasteiger partial charge in [0, 0.05) is 24.8 Å². The van der Waals surface area contributed by atoms with Gasteiger partial charge in [-0.05, 0) is 30.9 Å². The quantitative estimate of drug-likeness (QED) is 0.815. The number of urea groups is 1. The Labute approximate surface area is 127 Å². The van der Waals surface area contributed by atoms with Gasteiger partial charge in [-0.3, -0.25) is 0 Å². The van der Waals surface area contributed by atoms with E-state index >= 15 is 0 Å². The van der Waals surface area contributed by atoms with Gasteiger partial charge in [0.2, 0.25) is 0 Å². The Bertz CT molecular complexity index is 455. The minimum Gasteiger partial charge on any atom is -0.398 e. The molecule has 0 spiro atoms. The first-order valence-electron chi connectivity index (χ1n) is 8.09. The van der Waals surface area contributed by atoms with Crippen LogP contribution in [0.25, 0.3) is 0 Å². The maximum atomic E-state index is 12.5. The van der Waals surface area contributed by atoms with Crippen molar-refractivity contribution in [1.82, 2.24) is 10.2 Å². The first-order chi connectivity index (χ1) is 10.2. The van der Waals surface area contributed by atoms with Crippen molar-refractivity contribution in [3.63, 3.8) is 0 Å². The maximum absolute atomic E-state index is 12.5. The summed E-state index contributed by atoms with van der Waals surface area (Å²) in [7, 11) is 0. The Morgan fingerprint density at radius 2 is 2.00 bits per heavy atom. The fraction of sp³-hybridized carbons (Fsp3) is 0.588. The molecule has 1 saturated carbocycles. The van der Waals surface area contributed by atoms with Crippen LogP contribution in [0.4, 0.5) is 10.5 Å². The summed E-state index contributed by atoms with van der Waals surface area (Å²) < 4.78 is 0. The van der Waals surface area contributed by atoms with Crippen LogP contribution in [0.15, 0.2) is 24.3 Å². The number of nitrogens with zero attached hydrogens (tertiary/aromatic N) is 1. The van der Waals surface area contributed by atoms with Crippen molar-refractivity contribution in [2.45, 2.75) is 58.0 Å². The Morgan fingerprint density at radius 3 is 2.67 bits per heavy atom. The number of anilines is 1. The van der Waals surface area contributed by atoms with Gasteiger partial charge in [0.1, 0.15) is 0 Å². The summed E-state index contributed by atoms with van der Waals surface area (Å²) in [6, 6.07) is 8.16. The van der Waals surface area contributed by atoms with E-state index in [4.69, 9.17) is 5.73 Å². The lowest BCUT2D eigenvalue weighted by Crippen LogP contribution is -2.45. The van der Waals surface area contributed by atoms with Crippen molar-refractivity contribution in [1.29, 1.82) is 0 Å². The number of rotatable bonds is 5. The van der Waals surface area contributed by atoms with Crippen LogP contribution in [0.3, 0.4) is 0 Å². The third-order valence-electron chi connectivity index (χ3n) is 4.13. The second-order valence-electron chi connectivity index (χ2n) is 5.90. The predicted molar refractivity (Wildman–Crippen MR) is 87.0 cm³/mol. The molecular weight excluding hydrogens is 262 g/mol. The van der Waals surface area contributed by atoms with Gasteiger partial charge in [0.15, 0.2) is 0 Å². The Morgan fingerprint density at radius 1 is 1.29 bits per heavy atom. The zero-order valence-corrected chi connectivity index (χ0v) is 13.0. The summed E-state index contributed by atoms with van der Waals surface area (Å²) in [6.07, 6.45) is 6.92. The standard InChI is InChI=1S/C17H27N3O/c1-2-12-20(13-14-8-6-7-11-16(14)18)17(21)19-15-9-4-3-5-10-15/h6-8,11,15H,2-5,9-10,12-13,18H2,1H3,(H,19,21). The molecule has 1 aliphatic carbocycles. The lowest BCUT2D eigenvalue weighted by Gasteiger charge is -2.28. The van der Waals surface area contributed by atoms with Gasteiger partial charge in [-0.2, -0.15) is 0 Å². The van der Waals surface area contributed by atoms with E-state index in [0.717, 1.165) is 37.1 Å². The van der Waals surface area contributed by atoms with E-state index in [1.165, 1.54) is 19.3 Å². The lowest BCUT2D eigenvalue weighted by atomic mass is 9.96. The zero-order chi connectivity index (χ0) is 15.1. The molecular formula is C17H27N3O. The summed E-state index contributed by atoms with van der Waals surface area (Å²) >= 11 is 0. The summed E-state index contributed by atoms with van der Waals surface area (Å²) in [6.45, 7) is 3.43. The number of benzene rings is 1. The van der Waals surface area contributed by atoms with E-state index in [2.05, 4.69) is 12.2 Å². The van der Waals surface area contributed by atoms with Crippen LogP contribution in [0.5, 0.6) is 0 Å². The molecule has 0 radical (unpaired) electrons. The van der Waals surface area contributed by atoms with Gasteiger partial charge < -0.3 is 16.0 Å². The summed E-state index contributed by atoms with van der Waals surface area (Å²) in [5.74, 6) is 0. The highest BCUT2D eigenvalue weighted by Gasteiger charge is 2.20. The number of hydrogen-bond acceptors (Lipinski definition) is 2. The molecule has 1 aromatic carbocycles.